The third-order valence-electron chi connectivity index (χ3n) is 3.77. The molecule has 1 aliphatic rings. The molecule has 1 N–H and O–H groups in total. The molecule has 3 rings (SSSR count). The molecule has 5 nitrogen and oxygen atoms in total. The molecule has 7 heteroatoms. The van der Waals surface area contributed by atoms with Crippen molar-refractivity contribution in [3.05, 3.63) is 47.0 Å². The van der Waals surface area contributed by atoms with E-state index < -0.39 is 17.7 Å². The van der Waals surface area contributed by atoms with Crippen LogP contribution in [-0.4, -0.2) is 37.9 Å². The molecule has 1 aromatic heterocycles. The lowest BCUT2D eigenvalue weighted by Gasteiger charge is -2.29. The third-order valence-corrected chi connectivity index (χ3v) is 3.77. The van der Waals surface area contributed by atoms with Crippen LogP contribution in [0.4, 0.5) is 8.78 Å². The number of fused-ring (bicyclic) bond motifs is 1. The molecule has 0 saturated carbocycles. The molecule has 0 amide bonds. The normalized spacial score (nSPS) is 16.8. The summed E-state index contributed by atoms with van der Waals surface area (Å²) in [6.07, 6.45) is -1.07. The van der Waals surface area contributed by atoms with Crippen LogP contribution in [0.1, 0.15) is 23.3 Å². The van der Waals surface area contributed by atoms with E-state index in [1.165, 1.54) is 0 Å². The molecule has 0 radical (unpaired) electrons. The van der Waals surface area contributed by atoms with Gasteiger partial charge in [0.2, 0.25) is 0 Å². The Labute approximate surface area is 120 Å². The maximum Gasteiger partial charge on any atom is 0.147 e. The molecule has 0 aliphatic carbocycles. The highest BCUT2D eigenvalue weighted by Crippen LogP contribution is 2.21. The molecule has 0 bridgehead atoms. The van der Waals surface area contributed by atoms with Crippen molar-refractivity contribution >= 4 is 0 Å². The van der Waals surface area contributed by atoms with E-state index in [-0.39, 0.29) is 12.1 Å². The fourth-order valence-electron chi connectivity index (χ4n) is 2.62. The van der Waals surface area contributed by atoms with Crippen molar-refractivity contribution in [2.45, 2.75) is 26.1 Å². The minimum absolute atomic E-state index is 0.0155. The quantitative estimate of drug-likeness (QED) is 0.930. The fourth-order valence-corrected chi connectivity index (χ4v) is 2.62. The zero-order valence-electron chi connectivity index (χ0n) is 11.6. The Morgan fingerprint density at radius 3 is 2.90 bits per heavy atom. The zero-order chi connectivity index (χ0) is 15.0. The SMILES string of the molecule is Cc1nnc2n1CCN(C[C@@H](O)c1cc(F)ccc1F)C2. The second-order valence-electron chi connectivity index (χ2n) is 5.23. The van der Waals surface area contributed by atoms with Crippen LogP contribution in [0.3, 0.4) is 0 Å². The summed E-state index contributed by atoms with van der Waals surface area (Å²) in [6, 6.07) is 3.11. The fraction of sp³-hybridized carbons (Fsp3) is 0.429. The first kappa shape index (κ1) is 14.1. The van der Waals surface area contributed by atoms with Gasteiger partial charge in [-0.15, -0.1) is 10.2 Å². The lowest BCUT2D eigenvalue weighted by Crippen LogP contribution is -2.37. The average Bonchev–Trinajstić information content (AvgIpc) is 2.82. The molecule has 0 unspecified atom stereocenters. The van der Waals surface area contributed by atoms with Gasteiger partial charge in [-0.1, -0.05) is 0 Å². The summed E-state index contributed by atoms with van der Waals surface area (Å²) >= 11 is 0. The van der Waals surface area contributed by atoms with Crippen LogP contribution < -0.4 is 0 Å². The molecule has 21 heavy (non-hydrogen) atoms. The van der Waals surface area contributed by atoms with Gasteiger partial charge in [0.05, 0.1) is 12.6 Å². The van der Waals surface area contributed by atoms with Crippen molar-refractivity contribution < 1.29 is 13.9 Å². The van der Waals surface area contributed by atoms with E-state index in [1.54, 1.807) is 0 Å². The van der Waals surface area contributed by atoms with Gasteiger partial charge in [-0.2, -0.15) is 0 Å². The molecule has 1 atom stereocenters. The van der Waals surface area contributed by atoms with E-state index in [0.29, 0.717) is 13.1 Å². The summed E-state index contributed by atoms with van der Waals surface area (Å²) in [6.45, 7) is 4.09. The van der Waals surface area contributed by atoms with Crippen molar-refractivity contribution in [2.75, 3.05) is 13.1 Å². The molecule has 0 spiro atoms. The highest BCUT2D eigenvalue weighted by atomic mass is 19.1. The Morgan fingerprint density at radius 2 is 2.10 bits per heavy atom. The van der Waals surface area contributed by atoms with E-state index in [4.69, 9.17) is 0 Å². The molecule has 1 aromatic carbocycles. The van der Waals surface area contributed by atoms with Crippen LogP contribution in [0.2, 0.25) is 0 Å². The zero-order valence-corrected chi connectivity index (χ0v) is 11.6. The molecule has 0 fully saturated rings. The van der Waals surface area contributed by atoms with Crippen LogP contribution in [0.5, 0.6) is 0 Å². The van der Waals surface area contributed by atoms with Crippen molar-refractivity contribution in [1.29, 1.82) is 0 Å². The van der Waals surface area contributed by atoms with Gasteiger partial charge in [-0.3, -0.25) is 4.90 Å². The number of rotatable bonds is 3. The largest absolute Gasteiger partial charge is 0.387 e. The number of nitrogens with zero attached hydrogens (tertiary/aromatic N) is 4. The van der Waals surface area contributed by atoms with Crippen molar-refractivity contribution in [2.24, 2.45) is 0 Å². The summed E-state index contributed by atoms with van der Waals surface area (Å²) in [5, 5.41) is 18.2. The second kappa shape index (κ2) is 5.50. The molecular weight excluding hydrogens is 278 g/mol. The number of aliphatic hydroxyl groups is 1. The van der Waals surface area contributed by atoms with Gasteiger partial charge in [0, 0.05) is 25.2 Å². The number of benzene rings is 1. The topological polar surface area (TPSA) is 54.2 Å². The first-order valence-corrected chi connectivity index (χ1v) is 6.78. The molecule has 2 aromatic rings. The van der Waals surface area contributed by atoms with Gasteiger partial charge >= 0.3 is 0 Å². The maximum absolute atomic E-state index is 13.6. The van der Waals surface area contributed by atoms with Crippen LogP contribution in [-0.2, 0) is 13.1 Å². The number of hydrogen-bond donors (Lipinski definition) is 1. The number of hydrogen-bond acceptors (Lipinski definition) is 4. The summed E-state index contributed by atoms with van der Waals surface area (Å²) in [5.41, 5.74) is -0.0155. The van der Waals surface area contributed by atoms with E-state index in [0.717, 1.165) is 36.4 Å². The van der Waals surface area contributed by atoms with E-state index in [9.17, 15) is 13.9 Å². The summed E-state index contributed by atoms with van der Waals surface area (Å²) < 4.78 is 28.8. The second-order valence-corrected chi connectivity index (χ2v) is 5.23. The predicted molar refractivity (Wildman–Crippen MR) is 71.4 cm³/mol. The monoisotopic (exact) mass is 294 g/mol. The van der Waals surface area contributed by atoms with Gasteiger partial charge in [-0.05, 0) is 25.1 Å². The van der Waals surface area contributed by atoms with E-state index >= 15 is 0 Å². The number of aryl methyl sites for hydroxylation is 1. The Kier molecular flexibility index (Phi) is 3.69. The van der Waals surface area contributed by atoms with Gasteiger partial charge in [-0.25, -0.2) is 8.78 Å². The van der Waals surface area contributed by atoms with Crippen LogP contribution in [0.25, 0.3) is 0 Å². The summed E-state index contributed by atoms with van der Waals surface area (Å²) in [5.74, 6) is 0.534. The van der Waals surface area contributed by atoms with Crippen LogP contribution in [0.15, 0.2) is 18.2 Å². The van der Waals surface area contributed by atoms with Crippen molar-refractivity contribution in [1.82, 2.24) is 19.7 Å². The maximum atomic E-state index is 13.6. The Morgan fingerprint density at radius 1 is 1.29 bits per heavy atom. The summed E-state index contributed by atoms with van der Waals surface area (Å²) in [4.78, 5) is 1.96. The minimum Gasteiger partial charge on any atom is -0.387 e. The van der Waals surface area contributed by atoms with Gasteiger partial charge in [0.15, 0.2) is 0 Å². The first-order valence-electron chi connectivity index (χ1n) is 6.78. The molecule has 0 saturated heterocycles. The third kappa shape index (κ3) is 2.79. The summed E-state index contributed by atoms with van der Waals surface area (Å²) in [7, 11) is 0. The lowest BCUT2D eigenvalue weighted by atomic mass is 10.1. The van der Waals surface area contributed by atoms with Gasteiger partial charge in [0.1, 0.15) is 23.3 Å². The minimum atomic E-state index is -1.07. The highest BCUT2D eigenvalue weighted by molar-refractivity contribution is 5.21. The standard InChI is InChI=1S/C14H16F2N4O/c1-9-17-18-14-8-19(4-5-20(9)14)7-13(21)11-6-10(15)2-3-12(11)16/h2-3,6,13,21H,4-5,7-8H2,1H3/t13-/m1/s1. The van der Waals surface area contributed by atoms with E-state index in [2.05, 4.69) is 10.2 Å². The molecular formula is C14H16F2N4O. The predicted octanol–water partition coefficient (Wildman–Crippen LogP) is 1.41. The van der Waals surface area contributed by atoms with Crippen molar-refractivity contribution in [3.63, 3.8) is 0 Å². The number of aliphatic hydroxyl groups excluding tert-OH is 1. The first-order chi connectivity index (χ1) is 10.0. The average molecular weight is 294 g/mol. The number of halogens is 2. The van der Waals surface area contributed by atoms with Gasteiger partial charge < -0.3 is 9.67 Å². The van der Waals surface area contributed by atoms with Crippen molar-refractivity contribution in [3.8, 4) is 0 Å². The number of aromatic nitrogens is 3. The molecule has 1 aliphatic heterocycles. The van der Waals surface area contributed by atoms with Crippen LogP contribution in [0, 0.1) is 18.6 Å². The van der Waals surface area contributed by atoms with Crippen LogP contribution >= 0.6 is 0 Å². The lowest BCUT2D eigenvalue weighted by molar-refractivity contribution is 0.0932. The smallest absolute Gasteiger partial charge is 0.147 e. The Balaban J connectivity index is 1.71. The Hall–Kier alpha value is -1.86. The van der Waals surface area contributed by atoms with E-state index in [1.807, 2.05) is 16.4 Å². The molecule has 112 valence electrons. The van der Waals surface area contributed by atoms with Gasteiger partial charge in [0.25, 0.3) is 0 Å². The Bertz CT molecular complexity index is 658. The molecule has 2 heterocycles. The number of β-amino-alcohol motifs (C(OH)–C–C–N with tert-alkyl or cyclic N) is 1. The highest BCUT2D eigenvalue weighted by Gasteiger charge is 2.23.